The minimum Gasteiger partial charge on any atom is -0.506 e. The largest absolute Gasteiger partial charge is 0.506 e. The maximum absolute atomic E-state index is 12.7. The number of amides is 1. The van der Waals surface area contributed by atoms with Crippen molar-refractivity contribution in [3.05, 3.63) is 40.1 Å². The van der Waals surface area contributed by atoms with E-state index in [1.54, 1.807) is 12.1 Å². The van der Waals surface area contributed by atoms with Gasteiger partial charge in [0, 0.05) is 7.05 Å². The number of halogens is 4. The molecule has 112 valence electrons. The summed E-state index contributed by atoms with van der Waals surface area (Å²) in [6.45, 7) is 0. The van der Waals surface area contributed by atoms with E-state index in [2.05, 4.69) is 26.3 Å². The van der Waals surface area contributed by atoms with E-state index in [0.717, 1.165) is 4.68 Å². The van der Waals surface area contributed by atoms with E-state index >= 15 is 0 Å². The van der Waals surface area contributed by atoms with Gasteiger partial charge in [0.15, 0.2) is 5.69 Å². The second kappa shape index (κ2) is 5.40. The number of anilines is 1. The molecule has 2 aromatic rings. The molecule has 0 spiro atoms. The molecule has 0 unspecified atom stereocenters. The van der Waals surface area contributed by atoms with Gasteiger partial charge in [0.2, 0.25) is 0 Å². The van der Waals surface area contributed by atoms with Crippen molar-refractivity contribution in [2.75, 3.05) is 5.32 Å². The topological polar surface area (TPSA) is 67.2 Å². The lowest BCUT2D eigenvalue weighted by Crippen LogP contribution is -2.16. The number of carbonyl (C=O) groups excluding carboxylic acids is 1. The Balaban J connectivity index is 2.37. The summed E-state index contributed by atoms with van der Waals surface area (Å²) in [5, 5.41) is 15.2. The molecule has 1 aromatic carbocycles. The number of benzene rings is 1. The SMILES string of the molecule is Cn1nc(C(F)(F)F)c(Br)c1C(=O)Nc1ccccc1O. The Kier molecular flexibility index (Phi) is 3.95. The average molecular weight is 364 g/mol. The highest BCUT2D eigenvalue weighted by molar-refractivity contribution is 9.10. The molecule has 0 saturated carbocycles. The van der Waals surface area contributed by atoms with Gasteiger partial charge in [-0.3, -0.25) is 9.48 Å². The molecule has 21 heavy (non-hydrogen) atoms. The molecule has 1 aromatic heterocycles. The van der Waals surface area contributed by atoms with Gasteiger partial charge in [-0.2, -0.15) is 18.3 Å². The number of phenols is 1. The fourth-order valence-corrected chi connectivity index (χ4v) is 2.43. The first-order valence-electron chi connectivity index (χ1n) is 5.61. The van der Waals surface area contributed by atoms with Crippen molar-refractivity contribution in [1.82, 2.24) is 9.78 Å². The predicted octanol–water partition coefficient (Wildman–Crippen LogP) is 3.16. The molecule has 5 nitrogen and oxygen atoms in total. The number of aromatic nitrogens is 2. The van der Waals surface area contributed by atoms with Crippen LogP contribution in [0.5, 0.6) is 5.75 Å². The molecule has 0 saturated heterocycles. The van der Waals surface area contributed by atoms with Crippen LogP contribution >= 0.6 is 15.9 Å². The molecule has 1 heterocycles. The molecule has 0 aliphatic heterocycles. The van der Waals surface area contributed by atoms with Crippen LogP contribution in [0.1, 0.15) is 16.2 Å². The summed E-state index contributed by atoms with van der Waals surface area (Å²) < 4.78 is 38.5. The number of phenolic OH excluding ortho intramolecular Hbond substituents is 1. The third kappa shape index (κ3) is 3.02. The first-order valence-corrected chi connectivity index (χ1v) is 6.40. The molecule has 0 fully saturated rings. The molecule has 0 bridgehead atoms. The molecule has 0 atom stereocenters. The van der Waals surface area contributed by atoms with Gasteiger partial charge >= 0.3 is 6.18 Å². The smallest absolute Gasteiger partial charge is 0.436 e. The van der Waals surface area contributed by atoms with Crippen molar-refractivity contribution in [2.45, 2.75) is 6.18 Å². The maximum atomic E-state index is 12.7. The normalized spacial score (nSPS) is 11.5. The lowest BCUT2D eigenvalue weighted by Gasteiger charge is -2.07. The molecular formula is C12H9BrF3N3O2. The number of para-hydroxylation sites is 2. The molecule has 0 aliphatic carbocycles. The number of alkyl halides is 3. The molecule has 0 radical (unpaired) electrons. The monoisotopic (exact) mass is 363 g/mol. The van der Waals surface area contributed by atoms with Crippen LogP contribution in [0.25, 0.3) is 0 Å². The Hall–Kier alpha value is -2.03. The van der Waals surface area contributed by atoms with Crippen molar-refractivity contribution in [3.8, 4) is 5.75 Å². The van der Waals surface area contributed by atoms with Gasteiger partial charge in [0.05, 0.1) is 10.2 Å². The van der Waals surface area contributed by atoms with E-state index in [9.17, 15) is 23.1 Å². The fourth-order valence-electron chi connectivity index (χ4n) is 1.69. The van der Waals surface area contributed by atoms with Crippen LogP contribution in [-0.4, -0.2) is 20.8 Å². The highest BCUT2D eigenvalue weighted by atomic mass is 79.9. The first kappa shape index (κ1) is 15.4. The summed E-state index contributed by atoms with van der Waals surface area (Å²) in [5.74, 6) is -1.02. The van der Waals surface area contributed by atoms with Gasteiger partial charge in [-0.1, -0.05) is 12.1 Å². The van der Waals surface area contributed by atoms with Crippen molar-refractivity contribution in [1.29, 1.82) is 0 Å². The Morgan fingerprint density at radius 2 is 2.00 bits per heavy atom. The van der Waals surface area contributed by atoms with Crippen LogP contribution in [0.4, 0.5) is 18.9 Å². The van der Waals surface area contributed by atoms with E-state index in [1.807, 2.05) is 0 Å². The molecule has 2 rings (SSSR count). The Morgan fingerprint density at radius 1 is 1.38 bits per heavy atom. The number of aryl methyl sites for hydroxylation is 1. The van der Waals surface area contributed by atoms with Crippen LogP contribution in [0, 0.1) is 0 Å². The molecular weight excluding hydrogens is 355 g/mol. The van der Waals surface area contributed by atoms with E-state index in [0.29, 0.717) is 0 Å². The van der Waals surface area contributed by atoms with E-state index in [1.165, 1.54) is 19.2 Å². The summed E-state index contributed by atoms with van der Waals surface area (Å²) >= 11 is 2.74. The standard InChI is InChI=1S/C12H9BrF3N3O2/c1-19-9(8(13)10(18-19)12(14,15)16)11(21)17-6-4-2-3-5-7(6)20/h2-5,20H,1H3,(H,17,21). The number of hydrogen-bond acceptors (Lipinski definition) is 3. The van der Waals surface area contributed by atoms with Crippen LogP contribution < -0.4 is 5.32 Å². The summed E-state index contributed by atoms with van der Waals surface area (Å²) in [6.07, 6.45) is -4.68. The maximum Gasteiger partial charge on any atom is 0.436 e. The van der Waals surface area contributed by atoms with E-state index in [-0.39, 0.29) is 17.1 Å². The minimum atomic E-state index is -4.68. The van der Waals surface area contributed by atoms with Crippen LogP contribution in [-0.2, 0) is 13.2 Å². The lowest BCUT2D eigenvalue weighted by atomic mass is 10.2. The van der Waals surface area contributed by atoms with Crippen molar-refractivity contribution >= 4 is 27.5 Å². The molecule has 2 N–H and O–H groups in total. The predicted molar refractivity (Wildman–Crippen MR) is 72.0 cm³/mol. The van der Waals surface area contributed by atoms with Crippen molar-refractivity contribution < 1.29 is 23.1 Å². The number of nitrogens with one attached hydrogen (secondary N) is 1. The van der Waals surface area contributed by atoms with E-state index in [4.69, 9.17) is 0 Å². The number of rotatable bonds is 2. The molecule has 9 heteroatoms. The van der Waals surface area contributed by atoms with Crippen molar-refractivity contribution in [3.63, 3.8) is 0 Å². The van der Waals surface area contributed by atoms with Gasteiger partial charge in [-0.05, 0) is 28.1 Å². The first-order chi connectivity index (χ1) is 9.71. The van der Waals surface area contributed by atoms with Crippen LogP contribution in [0.3, 0.4) is 0 Å². The van der Waals surface area contributed by atoms with E-state index < -0.39 is 22.3 Å². The Bertz CT molecular complexity index is 698. The van der Waals surface area contributed by atoms with Gasteiger partial charge in [0.25, 0.3) is 5.91 Å². The number of nitrogens with zero attached hydrogens (tertiary/aromatic N) is 2. The molecule has 1 amide bonds. The number of carbonyl (C=O) groups is 1. The quantitative estimate of drug-likeness (QED) is 0.805. The average Bonchev–Trinajstić information content (AvgIpc) is 2.67. The zero-order valence-corrected chi connectivity index (χ0v) is 12.2. The van der Waals surface area contributed by atoms with Crippen molar-refractivity contribution in [2.24, 2.45) is 7.05 Å². The highest BCUT2D eigenvalue weighted by Gasteiger charge is 2.39. The summed E-state index contributed by atoms with van der Waals surface area (Å²) in [7, 11) is 1.22. The lowest BCUT2D eigenvalue weighted by molar-refractivity contribution is -0.142. The summed E-state index contributed by atoms with van der Waals surface area (Å²) in [4.78, 5) is 12.1. The fraction of sp³-hybridized carbons (Fsp3) is 0.167. The highest BCUT2D eigenvalue weighted by Crippen LogP contribution is 2.36. The number of hydrogen-bond donors (Lipinski definition) is 2. The van der Waals surface area contributed by atoms with Gasteiger partial charge in [-0.15, -0.1) is 0 Å². The van der Waals surface area contributed by atoms with Gasteiger partial charge in [-0.25, -0.2) is 0 Å². The van der Waals surface area contributed by atoms with Crippen LogP contribution in [0.15, 0.2) is 28.7 Å². The second-order valence-electron chi connectivity index (χ2n) is 4.10. The zero-order chi connectivity index (χ0) is 15.8. The third-order valence-corrected chi connectivity index (χ3v) is 3.38. The minimum absolute atomic E-state index is 0.0872. The Morgan fingerprint density at radius 3 is 2.52 bits per heavy atom. The third-order valence-electron chi connectivity index (χ3n) is 2.63. The molecule has 0 aliphatic rings. The summed E-state index contributed by atoms with van der Waals surface area (Å²) in [5.41, 5.74) is -1.40. The van der Waals surface area contributed by atoms with Gasteiger partial charge in [0.1, 0.15) is 11.4 Å². The zero-order valence-electron chi connectivity index (χ0n) is 10.6. The number of aromatic hydroxyl groups is 1. The summed E-state index contributed by atoms with van der Waals surface area (Å²) in [6, 6.07) is 5.87. The second-order valence-corrected chi connectivity index (χ2v) is 4.90. The Labute approximate surface area is 125 Å². The van der Waals surface area contributed by atoms with Crippen LogP contribution in [0.2, 0.25) is 0 Å². The van der Waals surface area contributed by atoms with Gasteiger partial charge < -0.3 is 10.4 Å².